The summed E-state index contributed by atoms with van der Waals surface area (Å²) in [6, 6.07) is 0.340. The minimum absolute atomic E-state index is 0.241. The van der Waals surface area contributed by atoms with Crippen LogP contribution in [-0.2, 0) is 0 Å². The fourth-order valence-electron chi connectivity index (χ4n) is 1.55. The Labute approximate surface area is 103 Å². The summed E-state index contributed by atoms with van der Waals surface area (Å²) in [4.78, 5) is 14.3. The molecule has 0 bridgehead atoms. The predicted molar refractivity (Wildman–Crippen MR) is 71.1 cm³/mol. The van der Waals surface area contributed by atoms with Crippen LogP contribution in [0, 0.1) is 5.92 Å². The minimum atomic E-state index is 0.241. The smallest absolute Gasteiger partial charge is 0.231 e. The molecular formula is C11H22N6. The van der Waals surface area contributed by atoms with E-state index in [9.17, 15) is 0 Å². The number of rotatable bonds is 5. The average Bonchev–Trinajstić information content (AvgIpc) is 2.24. The second-order valence-corrected chi connectivity index (χ2v) is 4.61. The Morgan fingerprint density at radius 1 is 1.24 bits per heavy atom. The molecular weight excluding hydrogens is 216 g/mol. The van der Waals surface area contributed by atoms with E-state index in [1.165, 1.54) is 0 Å². The monoisotopic (exact) mass is 238 g/mol. The largest absolute Gasteiger partial charge is 0.368 e. The first-order valence-electron chi connectivity index (χ1n) is 5.89. The van der Waals surface area contributed by atoms with Crippen molar-refractivity contribution in [3.8, 4) is 0 Å². The van der Waals surface area contributed by atoms with Gasteiger partial charge in [-0.2, -0.15) is 15.0 Å². The van der Waals surface area contributed by atoms with E-state index in [1.807, 2.05) is 14.1 Å². The third-order valence-corrected chi connectivity index (χ3v) is 2.60. The summed E-state index contributed by atoms with van der Waals surface area (Å²) in [6.45, 7) is 6.46. The van der Waals surface area contributed by atoms with E-state index in [0.717, 1.165) is 6.42 Å². The zero-order chi connectivity index (χ0) is 13.0. The summed E-state index contributed by atoms with van der Waals surface area (Å²) < 4.78 is 0. The maximum atomic E-state index is 5.66. The Hall–Kier alpha value is -1.59. The Kier molecular flexibility index (Phi) is 4.48. The van der Waals surface area contributed by atoms with E-state index in [1.54, 1.807) is 4.90 Å². The van der Waals surface area contributed by atoms with E-state index in [-0.39, 0.29) is 5.95 Å². The highest BCUT2D eigenvalue weighted by Crippen LogP contribution is 2.14. The quantitative estimate of drug-likeness (QED) is 0.806. The third-order valence-electron chi connectivity index (χ3n) is 2.60. The van der Waals surface area contributed by atoms with Gasteiger partial charge in [-0.3, -0.25) is 0 Å². The number of aromatic nitrogens is 3. The molecule has 0 fully saturated rings. The summed E-state index contributed by atoms with van der Waals surface area (Å²) in [5, 5.41) is 3.30. The Morgan fingerprint density at radius 3 is 2.35 bits per heavy atom. The molecule has 17 heavy (non-hydrogen) atoms. The molecule has 3 N–H and O–H groups in total. The minimum Gasteiger partial charge on any atom is -0.368 e. The summed E-state index contributed by atoms with van der Waals surface area (Å²) in [6.07, 6.45) is 1.01. The fourth-order valence-corrected chi connectivity index (χ4v) is 1.55. The topological polar surface area (TPSA) is 80.0 Å². The van der Waals surface area contributed by atoms with E-state index in [4.69, 9.17) is 5.73 Å². The van der Waals surface area contributed by atoms with Crippen molar-refractivity contribution < 1.29 is 0 Å². The van der Waals surface area contributed by atoms with E-state index in [2.05, 4.69) is 41.0 Å². The molecule has 0 spiro atoms. The number of nitrogens with one attached hydrogen (secondary N) is 1. The van der Waals surface area contributed by atoms with Gasteiger partial charge in [-0.25, -0.2) is 0 Å². The standard InChI is InChI=1S/C11H22N6/c1-6-8(7(2)3)13-10-14-9(12)15-11(16-10)17(4)5/h7-8H,6H2,1-5H3,(H3,12,13,14,15,16). The first kappa shape index (κ1) is 13.5. The van der Waals surface area contributed by atoms with Crippen molar-refractivity contribution in [2.24, 2.45) is 5.92 Å². The molecule has 1 unspecified atom stereocenters. The first-order valence-corrected chi connectivity index (χ1v) is 5.89. The molecule has 0 amide bonds. The second kappa shape index (κ2) is 5.65. The van der Waals surface area contributed by atoms with Crippen LogP contribution in [0.1, 0.15) is 27.2 Å². The van der Waals surface area contributed by atoms with Gasteiger partial charge in [0.1, 0.15) is 0 Å². The molecule has 96 valence electrons. The summed E-state index contributed by atoms with van der Waals surface area (Å²) in [5.74, 6) is 1.87. The van der Waals surface area contributed by atoms with Crippen molar-refractivity contribution >= 4 is 17.8 Å². The normalized spacial score (nSPS) is 12.6. The van der Waals surface area contributed by atoms with Crippen molar-refractivity contribution in [3.63, 3.8) is 0 Å². The number of anilines is 3. The van der Waals surface area contributed by atoms with Crippen LogP contribution in [0.15, 0.2) is 0 Å². The maximum absolute atomic E-state index is 5.66. The van der Waals surface area contributed by atoms with Gasteiger partial charge in [0.2, 0.25) is 17.8 Å². The van der Waals surface area contributed by atoms with E-state index < -0.39 is 0 Å². The molecule has 0 aliphatic carbocycles. The first-order chi connectivity index (χ1) is 7.93. The molecule has 1 atom stereocenters. The zero-order valence-corrected chi connectivity index (χ0v) is 11.2. The van der Waals surface area contributed by atoms with Crippen molar-refractivity contribution in [3.05, 3.63) is 0 Å². The lowest BCUT2D eigenvalue weighted by Crippen LogP contribution is -2.26. The second-order valence-electron chi connectivity index (χ2n) is 4.61. The molecule has 0 radical (unpaired) electrons. The van der Waals surface area contributed by atoms with Crippen molar-refractivity contribution in [1.82, 2.24) is 15.0 Å². The highest BCUT2D eigenvalue weighted by Gasteiger charge is 2.13. The van der Waals surface area contributed by atoms with Gasteiger partial charge < -0.3 is 16.0 Å². The van der Waals surface area contributed by atoms with Crippen LogP contribution < -0.4 is 16.0 Å². The maximum Gasteiger partial charge on any atom is 0.231 e. The molecule has 1 aromatic heterocycles. The molecule has 0 aliphatic rings. The number of hydrogen-bond donors (Lipinski definition) is 2. The molecule has 6 heteroatoms. The van der Waals surface area contributed by atoms with Gasteiger partial charge in [0.25, 0.3) is 0 Å². The third kappa shape index (κ3) is 3.72. The predicted octanol–water partition coefficient (Wildman–Crippen LogP) is 1.37. The molecule has 1 rings (SSSR count). The average molecular weight is 238 g/mol. The van der Waals surface area contributed by atoms with Crippen LogP contribution in [0.3, 0.4) is 0 Å². The van der Waals surface area contributed by atoms with Gasteiger partial charge in [-0.1, -0.05) is 20.8 Å². The molecule has 6 nitrogen and oxygen atoms in total. The highest BCUT2D eigenvalue weighted by atomic mass is 15.3. The van der Waals surface area contributed by atoms with Gasteiger partial charge in [0, 0.05) is 20.1 Å². The lowest BCUT2D eigenvalue weighted by molar-refractivity contribution is 0.508. The Morgan fingerprint density at radius 2 is 1.88 bits per heavy atom. The van der Waals surface area contributed by atoms with Crippen LogP contribution in [-0.4, -0.2) is 35.1 Å². The van der Waals surface area contributed by atoms with Gasteiger partial charge in [-0.05, 0) is 12.3 Å². The number of nitrogens with two attached hydrogens (primary N) is 1. The summed E-state index contributed by atoms with van der Waals surface area (Å²) >= 11 is 0. The SMILES string of the molecule is CCC(Nc1nc(N)nc(N(C)C)n1)C(C)C. The zero-order valence-electron chi connectivity index (χ0n) is 11.2. The highest BCUT2D eigenvalue weighted by molar-refractivity contribution is 5.41. The Balaban J connectivity index is 2.90. The number of nitrogens with zero attached hydrogens (tertiary/aromatic N) is 4. The molecule has 1 heterocycles. The molecule has 0 aliphatic heterocycles. The fraction of sp³-hybridized carbons (Fsp3) is 0.727. The lowest BCUT2D eigenvalue weighted by Gasteiger charge is -2.21. The van der Waals surface area contributed by atoms with Crippen molar-refractivity contribution in [2.45, 2.75) is 33.2 Å². The number of hydrogen-bond acceptors (Lipinski definition) is 6. The molecule has 0 aromatic carbocycles. The Bertz CT molecular complexity index is 363. The van der Waals surface area contributed by atoms with Crippen LogP contribution in [0.4, 0.5) is 17.8 Å². The van der Waals surface area contributed by atoms with Gasteiger partial charge >= 0.3 is 0 Å². The molecule has 0 saturated carbocycles. The molecule has 0 saturated heterocycles. The number of nitrogen functional groups attached to an aromatic ring is 1. The van der Waals surface area contributed by atoms with Crippen molar-refractivity contribution in [2.75, 3.05) is 30.0 Å². The summed E-state index contributed by atoms with van der Waals surface area (Å²) in [5.41, 5.74) is 5.66. The van der Waals surface area contributed by atoms with Crippen LogP contribution in [0.25, 0.3) is 0 Å². The van der Waals surface area contributed by atoms with Gasteiger partial charge in [-0.15, -0.1) is 0 Å². The van der Waals surface area contributed by atoms with Crippen LogP contribution in [0.5, 0.6) is 0 Å². The lowest BCUT2D eigenvalue weighted by atomic mass is 10.0. The van der Waals surface area contributed by atoms with Crippen LogP contribution in [0.2, 0.25) is 0 Å². The van der Waals surface area contributed by atoms with Crippen LogP contribution >= 0.6 is 0 Å². The van der Waals surface area contributed by atoms with E-state index in [0.29, 0.717) is 23.9 Å². The molecule has 1 aromatic rings. The van der Waals surface area contributed by atoms with Gasteiger partial charge in [0.05, 0.1) is 0 Å². The van der Waals surface area contributed by atoms with Crippen molar-refractivity contribution in [1.29, 1.82) is 0 Å². The summed E-state index contributed by atoms with van der Waals surface area (Å²) in [7, 11) is 3.75. The van der Waals surface area contributed by atoms with Gasteiger partial charge in [0.15, 0.2) is 0 Å². The van der Waals surface area contributed by atoms with E-state index >= 15 is 0 Å².